The zero-order valence-electron chi connectivity index (χ0n) is 34.8. The molecule has 0 radical (unpaired) electrons. The molecule has 7 aromatic carbocycles. The molecular formula is C59H53N. The number of benzene rings is 7. The molecule has 5 fully saturated rings. The average molecular weight is 776 g/mol. The first kappa shape index (κ1) is 35.1. The molecule has 14 rings (SSSR count). The van der Waals surface area contributed by atoms with Gasteiger partial charge in [-0.05, 0) is 179 Å². The predicted octanol–water partition coefficient (Wildman–Crippen LogP) is 15.8. The van der Waals surface area contributed by atoms with Crippen molar-refractivity contribution in [3.63, 3.8) is 0 Å². The lowest BCUT2D eigenvalue weighted by Gasteiger charge is -2.61. The van der Waals surface area contributed by atoms with Crippen LogP contribution in [0.3, 0.4) is 0 Å². The van der Waals surface area contributed by atoms with E-state index in [2.05, 4.69) is 170 Å². The maximum atomic E-state index is 2.53. The summed E-state index contributed by atoms with van der Waals surface area (Å²) in [4.78, 5) is 2.46. The summed E-state index contributed by atoms with van der Waals surface area (Å²) in [6, 6.07) is 61.2. The lowest BCUT2D eigenvalue weighted by Crippen LogP contribution is -2.55. The summed E-state index contributed by atoms with van der Waals surface area (Å²) in [5.41, 5.74) is 22.7. The first-order valence-corrected chi connectivity index (χ1v) is 23.1. The molecule has 0 aliphatic heterocycles. The van der Waals surface area contributed by atoms with Gasteiger partial charge >= 0.3 is 0 Å². The van der Waals surface area contributed by atoms with Crippen LogP contribution in [0.1, 0.15) is 92.0 Å². The lowest BCUT2D eigenvalue weighted by atomic mass is 9.43. The molecule has 1 heteroatoms. The highest BCUT2D eigenvalue weighted by Gasteiger charge is 2.61. The third-order valence-electron chi connectivity index (χ3n) is 16.7. The van der Waals surface area contributed by atoms with Crippen LogP contribution in [0.25, 0.3) is 44.5 Å². The van der Waals surface area contributed by atoms with E-state index in [0.717, 1.165) is 23.7 Å². The fourth-order valence-corrected chi connectivity index (χ4v) is 14.6. The van der Waals surface area contributed by atoms with Crippen LogP contribution in [-0.2, 0) is 10.8 Å². The minimum atomic E-state index is 0.157. The second-order valence-electron chi connectivity index (χ2n) is 19.6. The summed E-state index contributed by atoms with van der Waals surface area (Å²) in [6.45, 7) is 2.18. The molecule has 0 saturated heterocycles. The molecule has 5 saturated carbocycles. The Morgan fingerprint density at radius 1 is 0.417 bits per heavy atom. The number of aryl methyl sites for hydroxylation is 1. The van der Waals surface area contributed by atoms with Gasteiger partial charge in [0.05, 0.1) is 0 Å². The van der Waals surface area contributed by atoms with E-state index in [1.54, 1.807) is 22.3 Å². The minimum Gasteiger partial charge on any atom is -0.310 e. The van der Waals surface area contributed by atoms with Gasteiger partial charge in [0, 0.05) is 27.9 Å². The summed E-state index contributed by atoms with van der Waals surface area (Å²) < 4.78 is 0. The molecule has 0 amide bonds. The van der Waals surface area contributed by atoms with Crippen molar-refractivity contribution in [3.05, 3.63) is 186 Å². The molecule has 0 unspecified atom stereocenters. The predicted molar refractivity (Wildman–Crippen MR) is 249 cm³/mol. The topological polar surface area (TPSA) is 3.24 Å². The Labute approximate surface area is 356 Å². The molecule has 294 valence electrons. The van der Waals surface area contributed by atoms with Crippen molar-refractivity contribution in [1.82, 2.24) is 0 Å². The molecule has 7 aliphatic carbocycles. The summed E-state index contributed by atoms with van der Waals surface area (Å²) in [6.07, 6.45) is 13.6. The fourth-order valence-electron chi connectivity index (χ4n) is 14.6. The number of nitrogens with zero attached hydrogens (tertiary/aromatic N) is 1. The Morgan fingerprint density at radius 2 is 0.950 bits per heavy atom. The number of rotatable bonds is 5. The van der Waals surface area contributed by atoms with Crippen LogP contribution in [0.4, 0.5) is 17.1 Å². The van der Waals surface area contributed by atoms with Crippen molar-refractivity contribution < 1.29 is 0 Å². The molecule has 2 spiro atoms. The first-order valence-electron chi connectivity index (χ1n) is 23.1. The third-order valence-corrected chi connectivity index (χ3v) is 16.7. The number of hydrogen-bond acceptors (Lipinski definition) is 1. The van der Waals surface area contributed by atoms with Gasteiger partial charge in [-0.25, -0.2) is 0 Å². The maximum absolute atomic E-state index is 2.53. The number of fused-ring (bicyclic) bond motifs is 8. The summed E-state index contributed by atoms with van der Waals surface area (Å²) in [7, 11) is 0. The zero-order chi connectivity index (χ0) is 39.6. The second-order valence-corrected chi connectivity index (χ2v) is 19.6. The molecule has 7 aliphatic rings. The highest BCUT2D eigenvalue weighted by atomic mass is 15.1. The monoisotopic (exact) mass is 775 g/mol. The summed E-state index contributed by atoms with van der Waals surface area (Å²) in [5, 5.41) is 0. The van der Waals surface area contributed by atoms with E-state index in [0.29, 0.717) is 0 Å². The Morgan fingerprint density at radius 3 is 1.65 bits per heavy atom. The Bertz CT molecular complexity index is 2790. The molecular weight excluding hydrogens is 723 g/mol. The molecule has 0 heterocycles. The fraction of sp³-hybridized carbons (Fsp3) is 0.288. The number of hydrogen-bond donors (Lipinski definition) is 0. The summed E-state index contributed by atoms with van der Waals surface area (Å²) in [5.74, 6) is 3.40. The highest BCUT2D eigenvalue weighted by Crippen LogP contribution is 2.70. The zero-order valence-corrected chi connectivity index (χ0v) is 34.8. The van der Waals surface area contributed by atoms with Gasteiger partial charge in [-0.3, -0.25) is 0 Å². The van der Waals surface area contributed by atoms with E-state index in [1.807, 2.05) is 0 Å². The maximum Gasteiger partial charge on any atom is 0.0467 e. The van der Waals surface area contributed by atoms with Crippen LogP contribution in [-0.4, -0.2) is 0 Å². The molecule has 0 N–H and O–H groups in total. The molecule has 0 atom stereocenters. The van der Waals surface area contributed by atoms with Gasteiger partial charge in [-0.15, -0.1) is 0 Å². The largest absolute Gasteiger partial charge is 0.310 e. The smallest absolute Gasteiger partial charge is 0.0467 e. The average Bonchev–Trinajstić information content (AvgIpc) is 3.74. The third kappa shape index (κ3) is 4.87. The summed E-state index contributed by atoms with van der Waals surface area (Å²) >= 11 is 0. The highest BCUT2D eigenvalue weighted by molar-refractivity contribution is 5.95. The molecule has 1 nitrogen and oxygen atoms in total. The van der Waals surface area contributed by atoms with E-state index in [-0.39, 0.29) is 10.8 Å². The Kier molecular flexibility index (Phi) is 7.71. The van der Waals surface area contributed by atoms with E-state index >= 15 is 0 Å². The molecule has 4 bridgehead atoms. The van der Waals surface area contributed by atoms with Gasteiger partial charge in [0.15, 0.2) is 0 Å². The van der Waals surface area contributed by atoms with E-state index in [4.69, 9.17) is 0 Å². The van der Waals surface area contributed by atoms with Gasteiger partial charge in [0.2, 0.25) is 0 Å². The van der Waals surface area contributed by atoms with Crippen LogP contribution in [0.15, 0.2) is 158 Å². The first-order chi connectivity index (χ1) is 29.6. The van der Waals surface area contributed by atoms with Crippen molar-refractivity contribution in [2.75, 3.05) is 4.90 Å². The molecule has 7 aromatic rings. The van der Waals surface area contributed by atoms with Gasteiger partial charge in [-0.2, -0.15) is 0 Å². The van der Waals surface area contributed by atoms with Gasteiger partial charge in [0.1, 0.15) is 0 Å². The second kappa shape index (κ2) is 13.2. The molecule has 60 heavy (non-hydrogen) atoms. The van der Waals surface area contributed by atoms with Crippen LogP contribution < -0.4 is 4.90 Å². The van der Waals surface area contributed by atoms with Crippen LogP contribution in [0.5, 0.6) is 0 Å². The Hall–Kier alpha value is -5.66. The lowest BCUT2D eigenvalue weighted by molar-refractivity contribution is -0.0399. The number of anilines is 3. The van der Waals surface area contributed by atoms with Crippen molar-refractivity contribution in [2.24, 2.45) is 23.7 Å². The van der Waals surface area contributed by atoms with E-state index in [1.165, 1.54) is 131 Å². The Balaban J connectivity index is 0.919. The van der Waals surface area contributed by atoms with Gasteiger partial charge in [-0.1, -0.05) is 146 Å². The normalized spacial score (nSPS) is 24.6. The minimum absolute atomic E-state index is 0.157. The van der Waals surface area contributed by atoms with E-state index < -0.39 is 0 Å². The standard InChI is InChI=1S/C59H53N/c1-38-22-26-45(27-23-38)60(46-28-24-41(25-29-46)48-16-10-20-54-56(48)50-14-3-5-18-52(50)58(54)30-7-2-8-31-58)47-13-9-12-42(37-47)49-17-11-21-55-57(49)51-15-4-6-19-53(51)59(55)43-33-39-32-40(35-43)36-44(59)34-39/h3-6,9-29,37,39-40,43-44H,2,7-8,30-36H2,1H3. The SMILES string of the molecule is Cc1ccc(N(c2ccc(-c3cccc4c3-c3ccccc3C43CCCCC3)cc2)c2cccc(-c3cccc4c3-c3ccccc3C43C4CC5CC(C4)CC3C5)c2)cc1. The molecule has 0 aromatic heterocycles. The van der Waals surface area contributed by atoms with Crippen molar-refractivity contribution in [1.29, 1.82) is 0 Å². The van der Waals surface area contributed by atoms with Crippen molar-refractivity contribution in [3.8, 4) is 44.5 Å². The van der Waals surface area contributed by atoms with Crippen LogP contribution in [0.2, 0.25) is 0 Å². The van der Waals surface area contributed by atoms with Crippen LogP contribution in [0, 0.1) is 30.6 Å². The van der Waals surface area contributed by atoms with E-state index in [9.17, 15) is 0 Å². The van der Waals surface area contributed by atoms with Crippen molar-refractivity contribution in [2.45, 2.75) is 82.0 Å². The van der Waals surface area contributed by atoms with Crippen LogP contribution >= 0.6 is 0 Å². The van der Waals surface area contributed by atoms with Gasteiger partial charge in [0.25, 0.3) is 0 Å². The quantitative estimate of drug-likeness (QED) is 0.168. The van der Waals surface area contributed by atoms with Crippen molar-refractivity contribution >= 4 is 17.1 Å². The van der Waals surface area contributed by atoms with Gasteiger partial charge < -0.3 is 4.90 Å².